The summed E-state index contributed by atoms with van der Waals surface area (Å²) in [7, 11) is 2.26. The van der Waals surface area contributed by atoms with Gasteiger partial charge >= 0.3 is 0 Å². The van der Waals surface area contributed by atoms with Gasteiger partial charge < -0.3 is 9.80 Å². The van der Waals surface area contributed by atoms with Crippen molar-refractivity contribution in [3.8, 4) is 11.4 Å². The number of anilines is 2. The maximum Gasteiger partial charge on any atom is 0.159 e. The van der Waals surface area contributed by atoms with Gasteiger partial charge in [0.2, 0.25) is 0 Å². The number of rotatable bonds is 0. The highest BCUT2D eigenvalue weighted by molar-refractivity contribution is 5.81. The molecule has 4 aliphatic rings. The van der Waals surface area contributed by atoms with Gasteiger partial charge in [0.05, 0.1) is 11.4 Å². The predicted molar refractivity (Wildman–Crippen MR) is 125 cm³/mol. The van der Waals surface area contributed by atoms with Gasteiger partial charge in [-0.3, -0.25) is 0 Å². The Bertz CT molecular complexity index is 1450. The largest absolute Gasteiger partial charge is 0.352 e. The number of hydrogen-bond donors (Lipinski definition) is 0. The van der Waals surface area contributed by atoms with Gasteiger partial charge in [0.25, 0.3) is 0 Å². The van der Waals surface area contributed by atoms with Crippen LogP contribution in [0.1, 0.15) is 29.2 Å². The van der Waals surface area contributed by atoms with Gasteiger partial charge in [0.1, 0.15) is 18.0 Å². The first-order chi connectivity index (χ1) is 15.7. The highest BCUT2D eigenvalue weighted by Crippen LogP contribution is 2.67. The molecule has 1 spiro atoms. The summed E-state index contributed by atoms with van der Waals surface area (Å²) >= 11 is 0. The van der Waals surface area contributed by atoms with Gasteiger partial charge in [0, 0.05) is 24.6 Å². The summed E-state index contributed by atoms with van der Waals surface area (Å²) in [5.41, 5.74) is 8.96. The second-order valence-corrected chi connectivity index (χ2v) is 9.90. The Labute approximate surface area is 186 Å². The Morgan fingerprint density at radius 2 is 1.69 bits per heavy atom. The Morgan fingerprint density at radius 1 is 0.906 bits per heavy atom. The van der Waals surface area contributed by atoms with Crippen LogP contribution in [0.4, 0.5) is 11.4 Å². The maximum absolute atomic E-state index is 4.91. The summed E-state index contributed by atoms with van der Waals surface area (Å²) in [6.45, 7) is 3.38. The average Bonchev–Trinajstić information content (AvgIpc) is 3.51. The minimum atomic E-state index is -0.378. The zero-order valence-electron chi connectivity index (χ0n) is 18.2. The first kappa shape index (κ1) is 17.0. The predicted octanol–water partition coefficient (Wildman–Crippen LogP) is 4.41. The molecule has 0 radical (unpaired) electrons. The Morgan fingerprint density at radius 3 is 2.59 bits per heavy atom. The van der Waals surface area contributed by atoms with E-state index in [1.165, 1.54) is 39.2 Å². The van der Waals surface area contributed by atoms with Gasteiger partial charge in [-0.1, -0.05) is 61.5 Å². The second-order valence-electron chi connectivity index (χ2n) is 9.90. The lowest BCUT2D eigenvalue weighted by atomic mass is 9.65. The molecule has 5 heteroatoms. The normalized spacial score (nSPS) is 27.9. The van der Waals surface area contributed by atoms with Gasteiger partial charge in [0.15, 0.2) is 5.82 Å². The summed E-state index contributed by atoms with van der Waals surface area (Å²) in [6.07, 6.45) is 2.94. The van der Waals surface area contributed by atoms with Crippen molar-refractivity contribution >= 4 is 11.4 Å². The molecule has 4 heterocycles. The van der Waals surface area contributed by atoms with Crippen molar-refractivity contribution in [3.63, 3.8) is 0 Å². The summed E-state index contributed by atoms with van der Waals surface area (Å²) in [5.74, 6) is 0.987. The fourth-order valence-electron chi connectivity index (χ4n) is 7.66. The number of nitrogens with zero attached hydrogens (tertiary/aromatic N) is 5. The quantitative estimate of drug-likeness (QED) is 0.425. The summed E-state index contributed by atoms with van der Waals surface area (Å²) in [4.78, 5) is 9.88. The fourth-order valence-corrected chi connectivity index (χ4v) is 7.66. The van der Waals surface area contributed by atoms with E-state index >= 15 is 0 Å². The molecule has 4 aromatic rings. The molecule has 1 aliphatic carbocycles. The zero-order chi connectivity index (χ0) is 21.2. The molecule has 3 atom stereocenters. The minimum absolute atomic E-state index is 0.148. The molecular formula is C27H23N5. The molecule has 0 fully saturated rings. The van der Waals surface area contributed by atoms with Gasteiger partial charge in [-0.15, -0.1) is 0 Å². The Hall–Kier alpha value is -3.60. The van der Waals surface area contributed by atoms with Crippen molar-refractivity contribution in [1.82, 2.24) is 14.8 Å². The van der Waals surface area contributed by atoms with Crippen LogP contribution in [0, 0.1) is 5.41 Å². The molecule has 8 rings (SSSR count). The third kappa shape index (κ3) is 1.56. The van der Waals surface area contributed by atoms with Crippen LogP contribution in [0.3, 0.4) is 0 Å². The van der Waals surface area contributed by atoms with Crippen molar-refractivity contribution in [2.75, 3.05) is 16.8 Å². The maximum atomic E-state index is 4.91. The van der Waals surface area contributed by atoms with E-state index in [1.54, 1.807) is 6.33 Å². The fraction of sp³-hybridized carbons (Fsp3) is 0.259. The summed E-state index contributed by atoms with van der Waals surface area (Å²) < 4.78 is 2.26. The first-order valence-corrected chi connectivity index (χ1v) is 11.4. The van der Waals surface area contributed by atoms with Gasteiger partial charge in [-0.2, -0.15) is 5.10 Å². The SMILES string of the molecule is CN1c2ccccc2N2Cc3cccc4c3C3(c5ccccc5-c5ncnn53)C(C)(C4)C12. The van der Waals surface area contributed by atoms with Crippen LogP contribution in [-0.2, 0) is 18.5 Å². The highest BCUT2D eigenvalue weighted by Gasteiger charge is 2.69. The molecule has 1 aromatic heterocycles. The van der Waals surface area contributed by atoms with E-state index in [9.17, 15) is 0 Å². The third-order valence-electron chi connectivity index (χ3n) is 8.55. The Balaban J connectivity index is 1.54. The molecule has 5 nitrogen and oxygen atoms in total. The number of benzene rings is 3. The van der Waals surface area contributed by atoms with E-state index in [2.05, 4.69) is 95.2 Å². The third-order valence-corrected chi connectivity index (χ3v) is 8.55. The van der Waals surface area contributed by atoms with Crippen molar-refractivity contribution in [2.24, 2.45) is 5.41 Å². The molecule has 3 aromatic carbocycles. The number of fused-ring (bicyclic) bond motifs is 7. The van der Waals surface area contributed by atoms with Crippen LogP contribution < -0.4 is 9.80 Å². The van der Waals surface area contributed by atoms with Gasteiger partial charge in [-0.05, 0) is 40.8 Å². The highest BCUT2D eigenvalue weighted by atomic mass is 15.5. The van der Waals surface area contributed by atoms with Crippen LogP contribution in [0.25, 0.3) is 11.4 Å². The molecule has 32 heavy (non-hydrogen) atoms. The molecule has 0 saturated heterocycles. The van der Waals surface area contributed by atoms with E-state index in [1.807, 2.05) is 0 Å². The van der Waals surface area contributed by atoms with E-state index < -0.39 is 0 Å². The molecular weight excluding hydrogens is 394 g/mol. The molecule has 3 unspecified atom stereocenters. The lowest BCUT2D eigenvalue weighted by molar-refractivity contribution is 0.124. The van der Waals surface area contributed by atoms with Crippen LogP contribution in [0.15, 0.2) is 73.1 Å². The van der Waals surface area contributed by atoms with E-state index in [0.29, 0.717) is 0 Å². The van der Waals surface area contributed by atoms with Crippen LogP contribution >= 0.6 is 0 Å². The lowest BCUT2D eigenvalue weighted by Crippen LogP contribution is -2.60. The van der Waals surface area contributed by atoms with Crippen LogP contribution in [0.5, 0.6) is 0 Å². The zero-order valence-corrected chi connectivity index (χ0v) is 18.2. The molecule has 0 amide bonds. The molecule has 156 valence electrons. The van der Waals surface area contributed by atoms with Crippen LogP contribution in [0.2, 0.25) is 0 Å². The van der Waals surface area contributed by atoms with Crippen LogP contribution in [-0.4, -0.2) is 28.0 Å². The average molecular weight is 418 g/mol. The first-order valence-electron chi connectivity index (χ1n) is 11.4. The summed E-state index contributed by atoms with van der Waals surface area (Å²) in [5, 5.41) is 4.91. The van der Waals surface area contributed by atoms with Crippen molar-refractivity contribution in [1.29, 1.82) is 0 Å². The Kier molecular flexibility index (Phi) is 2.78. The van der Waals surface area contributed by atoms with Crippen molar-refractivity contribution < 1.29 is 0 Å². The number of para-hydroxylation sites is 2. The number of aromatic nitrogens is 3. The number of hydrogen-bond acceptors (Lipinski definition) is 4. The van der Waals surface area contributed by atoms with E-state index in [0.717, 1.165) is 18.8 Å². The van der Waals surface area contributed by atoms with Gasteiger partial charge in [-0.25, -0.2) is 9.67 Å². The smallest absolute Gasteiger partial charge is 0.159 e. The molecule has 0 N–H and O–H groups in total. The van der Waals surface area contributed by atoms with E-state index in [-0.39, 0.29) is 17.1 Å². The molecule has 2 bridgehead atoms. The molecule has 3 aliphatic heterocycles. The van der Waals surface area contributed by atoms with Crippen molar-refractivity contribution in [3.05, 3.63) is 95.3 Å². The van der Waals surface area contributed by atoms with E-state index in [4.69, 9.17) is 10.1 Å². The molecule has 0 saturated carbocycles. The standard InChI is InChI=1S/C27H23N5/c1-26-14-17-8-7-9-18(15-31-22-13-6-5-12-21(22)30(2)25(26)31)23(17)27(26)20-11-4-3-10-19(20)24-28-16-29-32(24)27/h3-13,16,25H,14-15H2,1-2H3. The topological polar surface area (TPSA) is 37.2 Å². The summed E-state index contributed by atoms with van der Waals surface area (Å²) in [6, 6.07) is 24.6. The lowest BCUT2D eigenvalue weighted by Gasteiger charge is -2.49. The monoisotopic (exact) mass is 417 g/mol. The van der Waals surface area contributed by atoms with Crippen molar-refractivity contribution in [2.45, 2.75) is 31.6 Å². The second kappa shape index (κ2) is 5.23. The minimum Gasteiger partial charge on any atom is -0.352 e.